The van der Waals surface area contributed by atoms with E-state index in [0.29, 0.717) is 25.2 Å². The fourth-order valence-corrected chi connectivity index (χ4v) is 4.21. The van der Waals surface area contributed by atoms with Crippen molar-refractivity contribution >= 4 is 17.6 Å². The van der Waals surface area contributed by atoms with Crippen molar-refractivity contribution in [2.75, 3.05) is 18.4 Å². The Morgan fingerprint density at radius 3 is 2.68 bits per heavy atom. The maximum atomic E-state index is 13.0. The standard InChI is InChI=1S/C26H28N6O2/c1-19(24-15-28-18-32(24)16-21-11-9-20(14-27)10-12-21)29-25(33)22-6-5-13-31(17-22)26(34)30-23-7-3-2-4-8-23/h2-4,7-12,15,18-19,22H,5-6,13,16-17H2,1H3,(H,29,33)(H,30,34)/t19-,22?/m0/s1. The third-order valence-electron chi connectivity index (χ3n) is 6.09. The lowest BCUT2D eigenvalue weighted by Gasteiger charge is -2.32. The number of urea groups is 1. The van der Waals surface area contributed by atoms with E-state index >= 15 is 0 Å². The van der Waals surface area contributed by atoms with Crippen LogP contribution in [0.2, 0.25) is 0 Å². The van der Waals surface area contributed by atoms with Gasteiger partial charge in [-0.05, 0) is 49.6 Å². The Morgan fingerprint density at radius 2 is 1.94 bits per heavy atom. The first-order chi connectivity index (χ1) is 16.5. The molecule has 8 nitrogen and oxygen atoms in total. The fraction of sp³-hybridized carbons (Fsp3) is 0.308. The number of para-hydroxylation sites is 1. The summed E-state index contributed by atoms with van der Waals surface area (Å²) in [5.41, 5.74) is 3.30. The molecule has 1 fully saturated rings. The Balaban J connectivity index is 1.35. The molecule has 2 N–H and O–H groups in total. The SMILES string of the molecule is C[C@H](NC(=O)C1CCCN(C(=O)Nc2ccccc2)C1)c1cncn1Cc1ccc(C#N)cc1. The number of hydrogen-bond donors (Lipinski definition) is 2. The van der Waals surface area contributed by atoms with Gasteiger partial charge in [-0.2, -0.15) is 5.26 Å². The first kappa shape index (κ1) is 23.1. The molecule has 2 aromatic carbocycles. The molecule has 0 bridgehead atoms. The summed E-state index contributed by atoms with van der Waals surface area (Å²) in [5, 5.41) is 15.0. The molecule has 1 saturated heterocycles. The molecule has 2 heterocycles. The highest BCUT2D eigenvalue weighted by Crippen LogP contribution is 2.21. The van der Waals surface area contributed by atoms with Crippen LogP contribution in [-0.4, -0.2) is 39.5 Å². The Morgan fingerprint density at radius 1 is 1.18 bits per heavy atom. The van der Waals surface area contributed by atoms with E-state index in [9.17, 15) is 9.59 Å². The Kier molecular flexibility index (Phi) is 7.23. The summed E-state index contributed by atoms with van der Waals surface area (Å²) in [5.74, 6) is -0.316. The first-order valence-electron chi connectivity index (χ1n) is 11.4. The van der Waals surface area contributed by atoms with Crippen LogP contribution in [-0.2, 0) is 11.3 Å². The van der Waals surface area contributed by atoms with E-state index in [1.165, 1.54) is 0 Å². The van der Waals surface area contributed by atoms with Crippen molar-refractivity contribution in [3.63, 3.8) is 0 Å². The molecule has 4 rings (SSSR count). The number of anilines is 1. The van der Waals surface area contributed by atoms with E-state index in [-0.39, 0.29) is 23.9 Å². The number of nitrogens with one attached hydrogen (secondary N) is 2. The molecule has 3 aromatic rings. The molecular weight excluding hydrogens is 428 g/mol. The molecule has 3 amide bonds. The second-order valence-corrected chi connectivity index (χ2v) is 8.57. The van der Waals surface area contributed by atoms with Crippen molar-refractivity contribution in [3.05, 3.63) is 83.9 Å². The molecular formula is C26H28N6O2. The smallest absolute Gasteiger partial charge is 0.321 e. The summed E-state index contributed by atoms with van der Waals surface area (Å²) in [6.07, 6.45) is 5.03. The quantitative estimate of drug-likeness (QED) is 0.587. The topological polar surface area (TPSA) is 103 Å². The van der Waals surface area contributed by atoms with Gasteiger partial charge in [0.1, 0.15) is 0 Å². The van der Waals surface area contributed by atoms with E-state index in [1.54, 1.807) is 29.6 Å². The molecule has 34 heavy (non-hydrogen) atoms. The van der Waals surface area contributed by atoms with Crippen LogP contribution < -0.4 is 10.6 Å². The molecule has 8 heteroatoms. The summed E-state index contributed by atoms with van der Waals surface area (Å²) in [6.45, 7) is 3.56. The number of rotatable bonds is 6. The lowest BCUT2D eigenvalue weighted by molar-refractivity contribution is -0.127. The minimum atomic E-state index is -0.257. The molecule has 1 aliphatic rings. The lowest BCUT2D eigenvalue weighted by Crippen LogP contribution is -2.47. The number of imidazole rings is 1. The van der Waals surface area contributed by atoms with Crippen LogP contribution in [0.5, 0.6) is 0 Å². The monoisotopic (exact) mass is 456 g/mol. The number of hydrogen-bond acceptors (Lipinski definition) is 4. The van der Waals surface area contributed by atoms with Crippen LogP contribution in [0.15, 0.2) is 67.1 Å². The number of piperidine rings is 1. The van der Waals surface area contributed by atoms with Crippen LogP contribution in [0.25, 0.3) is 0 Å². The van der Waals surface area contributed by atoms with Gasteiger partial charge >= 0.3 is 6.03 Å². The Hall–Kier alpha value is -4.12. The number of carbonyl (C=O) groups is 2. The van der Waals surface area contributed by atoms with Crippen molar-refractivity contribution in [2.45, 2.75) is 32.4 Å². The first-order valence-corrected chi connectivity index (χ1v) is 11.4. The molecule has 1 aromatic heterocycles. The van der Waals surface area contributed by atoms with Crippen molar-refractivity contribution in [2.24, 2.45) is 5.92 Å². The van der Waals surface area contributed by atoms with E-state index in [4.69, 9.17) is 5.26 Å². The fourth-order valence-electron chi connectivity index (χ4n) is 4.21. The van der Waals surface area contributed by atoms with Gasteiger partial charge < -0.3 is 20.1 Å². The van der Waals surface area contributed by atoms with E-state index in [0.717, 1.165) is 29.8 Å². The molecule has 0 aliphatic carbocycles. The van der Waals surface area contributed by atoms with Gasteiger partial charge in [-0.3, -0.25) is 4.79 Å². The van der Waals surface area contributed by atoms with E-state index in [2.05, 4.69) is 21.7 Å². The highest BCUT2D eigenvalue weighted by Gasteiger charge is 2.29. The summed E-state index contributed by atoms with van der Waals surface area (Å²) in [7, 11) is 0. The lowest BCUT2D eigenvalue weighted by atomic mass is 9.97. The van der Waals surface area contributed by atoms with Gasteiger partial charge in [-0.1, -0.05) is 30.3 Å². The van der Waals surface area contributed by atoms with Crippen LogP contribution >= 0.6 is 0 Å². The summed E-state index contributed by atoms with van der Waals surface area (Å²) in [6, 6.07) is 18.4. The largest absolute Gasteiger partial charge is 0.348 e. The van der Waals surface area contributed by atoms with Crippen molar-refractivity contribution < 1.29 is 9.59 Å². The van der Waals surface area contributed by atoms with Gasteiger partial charge in [-0.15, -0.1) is 0 Å². The van der Waals surface area contributed by atoms with Gasteiger partial charge in [0.15, 0.2) is 0 Å². The second-order valence-electron chi connectivity index (χ2n) is 8.57. The Labute approximate surface area is 199 Å². The average Bonchev–Trinajstić information content (AvgIpc) is 3.33. The summed E-state index contributed by atoms with van der Waals surface area (Å²) >= 11 is 0. The highest BCUT2D eigenvalue weighted by atomic mass is 16.2. The zero-order valence-corrected chi connectivity index (χ0v) is 19.1. The summed E-state index contributed by atoms with van der Waals surface area (Å²) < 4.78 is 1.99. The van der Waals surface area contributed by atoms with E-state index in [1.807, 2.05) is 54.0 Å². The number of likely N-dealkylation sites (tertiary alicyclic amines) is 1. The maximum Gasteiger partial charge on any atom is 0.321 e. The number of carbonyl (C=O) groups excluding carboxylic acids is 2. The van der Waals surface area contributed by atoms with Crippen LogP contribution in [0.1, 0.15) is 42.6 Å². The van der Waals surface area contributed by atoms with Crippen LogP contribution in [0.4, 0.5) is 10.5 Å². The summed E-state index contributed by atoms with van der Waals surface area (Å²) in [4.78, 5) is 31.7. The van der Waals surface area contributed by atoms with Crippen LogP contribution in [0.3, 0.4) is 0 Å². The minimum Gasteiger partial charge on any atom is -0.348 e. The number of benzene rings is 2. The minimum absolute atomic E-state index is 0.0594. The predicted octanol–water partition coefficient (Wildman–Crippen LogP) is 3.92. The van der Waals surface area contributed by atoms with Crippen molar-refractivity contribution in [1.82, 2.24) is 19.8 Å². The molecule has 0 saturated carbocycles. The van der Waals surface area contributed by atoms with Crippen LogP contribution in [0, 0.1) is 17.2 Å². The highest BCUT2D eigenvalue weighted by molar-refractivity contribution is 5.90. The maximum absolute atomic E-state index is 13.0. The van der Waals surface area contributed by atoms with Crippen molar-refractivity contribution in [1.29, 1.82) is 5.26 Å². The van der Waals surface area contributed by atoms with Gasteiger partial charge in [0, 0.05) is 25.3 Å². The number of nitrogens with zero attached hydrogens (tertiary/aromatic N) is 4. The average molecular weight is 457 g/mol. The van der Waals surface area contributed by atoms with Gasteiger partial charge in [0.2, 0.25) is 5.91 Å². The second kappa shape index (κ2) is 10.7. The number of aromatic nitrogens is 2. The van der Waals surface area contributed by atoms with Gasteiger partial charge in [0.05, 0.1) is 41.8 Å². The van der Waals surface area contributed by atoms with Gasteiger partial charge in [-0.25, -0.2) is 9.78 Å². The van der Waals surface area contributed by atoms with Gasteiger partial charge in [0.25, 0.3) is 0 Å². The third kappa shape index (κ3) is 5.62. The molecule has 0 radical (unpaired) electrons. The number of nitriles is 1. The zero-order valence-electron chi connectivity index (χ0n) is 19.1. The molecule has 2 atom stereocenters. The van der Waals surface area contributed by atoms with E-state index < -0.39 is 0 Å². The number of amides is 3. The van der Waals surface area contributed by atoms with Crippen molar-refractivity contribution in [3.8, 4) is 6.07 Å². The third-order valence-corrected chi connectivity index (χ3v) is 6.09. The normalized spacial score (nSPS) is 16.4. The molecule has 1 unspecified atom stereocenters. The molecule has 1 aliphatic heterocycles. The predicted molar refractivity (Wildman–Crippen MR) is 129 cm³/mol. The Bertz CT molecular complexity index is 1170. The molecule has 0 spiro atoms. The zero-order chi connectivity index (χ0) is 23.9. The molecule has 174 valence electrons.